The van der Waals surface area contributed by atoms with Gasteiger partial charge in [-0.1, -0.05) is 35.9 Å². The summed E-state index contributed by atoms with van der Waals surface area (Å²) in [5, 5.41) is 11.6. The molecule has 0 amide bonds. The van der Waals surface area contributed by atoms with Crippen LogP contribution in [0.5, 0.6) is 0 Å². The van der Waals surface area contributed by atoms with Gasteiger partial charge in [-0.15, -0.1) is 0 Å². The van der Waals surface area contributed by atoms with Gasteiger partial charge in [0, 0.05) is 37.6 Å². The minimum atomic E-state index is 0.660. The number of benzene rings is 2. The van der Waals surface area contributed by atoms with Crippen LogP contribution in [-0.2, 0) is 13.1 Å². The Morgan fingerprint density at radius 2 is 1.76 bits per heavy atom. The highest BCUT2D eigenvalue weighted by Gasteiger charge is 2.02. The minimum absolute atomic E-state index is 0.660. The van der Waals surface area contributed by atoms with Crippen molar-refractivity contribution in [2.75, 3.05) is 7.05 Å². The SMILES string of the molecule is CN=C(NCc1cccc(Cl)c1)NCc1cccc(-n2cccn2)c1. The van der Waals surface area contributed by atoms with Crippen molar-refractivity contribution in [3.05, 3.63) is 83.1 Å². The lowest BCUT2D eigenvalue weighted by Crippen LogP contribution is -2.36. The molecular formula is C19H20ClN5. The summed E-state index contributed by atoms with van der Waals surface area (Å²) in [6.45, 7) is 1.33. The third kappa shape index (κ3) is 4.84. The van der Waals surface area contributed by atoms with Crippen LogP contribution < -0.4 is 10.6 Å². The summed E-state index contributed by atoms with van der Waals surface area (Å²) < 4.78 is 1.84. The predicted octanol–water partition coefficient (Wildman–Crippen LogP) is 3.39. The van der Waals surface area contributed by atoms with Gasteiger partial charge in [-0.3, -0.25) is 4.99 Å². The van der Waals surface area contributed by atoms with Crippen LogP contribution in [0.25, 0.3) is 5.69 Å². The molecule has 0 aliphatic rings. The quantitative estimate of drug-likeness (QED) is 0.546. The second kappa shape index (κ2) is 8.35. The van der Waals surface area contributed by atoms with Crippen LogP contribution in [0.2, 0.25) is 5.02 Å². The fourth-order valence-electron chi connectivity index (χ4n) is 2.47. The lowest BCUT2D eigenvalue weighted by atomic mass is 10.2. The van der Waals surface area contributed by atoms with Crippen LogP contribution in [-0.4, -0.2) is 22.8 Å². The molecule has 0 spiro atoms. The van der Waals surface area contributed by atoms with E-state index < -0.39 is 0 Å². The van der Waals surface area contributed by atoms with Crippen LogP contribution in [0.15, 0.2) is 72.0 Å². The summed E-state index contributed by atoms with van der Waals surface area (Å²) in [6.07, 6.45) is 3.70. The summed E-state index contributed by atoms with van der Waals surface area (Å²) in [5.74, 6) is 0.740. The van der Waals surface area contributed by atoms with Gasteiger partial charge in [-0.2, -0.15) is 5.10 Å². The number of guanidine groups is 1. The van der Waals surface area contributed by atoms with Crippen molar-refractivity contribution in [1.82, 2.24) is 20.4 Å². The van der Waals surface area contributed by atoms with E-state index >= 15 is 0 Å². The standard InChI is InChI=1S/C19H20ClN5/c1-21-19(22-13-15-5-2-7-17(20)11-15)23-14-16-6-3-8-18(12-16)25-10-4-9-24-25/h2-12H,13-14H2,1H3,(H2,21,22,23). The van der Waals surface area contributed by atoms with Gasteiger partial charge in [0.15, 0.2) is 5.96 Å². The fraction of sp³-hybridized carbons (Fsp3) is 0.158. The van der Waals surface area contributed by atoms with Gasteiger partial charge < -0.3 is 10.6 Å². The van der Waals surface area contributed by atoms with Gasteiger partial charge in [0.25, 0.3) is 0 Å². The normalized spacial score (nSPS) is 11.4. The molecule has 25 heavy (non-hydrogen) atoms. The highest BCUT2D eigenvalue weighted by Crippen LogP contribution is 2.11. The second-order valence-electron chi connectivity index (χ2n) is 5.53. The van der Waals surface area contributed by atoms with E-state index in [2.05, 4.69) is 32.9 Å². The molecule has 0 bridgehead atoms. The molecule has 0 aliphatic carbocycles. The van der Waals surface area contributed by atoms with E-state index in [1.807, 2.05) is 53.3 Å². The molecule has 128 valence electrons. The van der Waals surface area contributed by atoms with Gasteiger partial charge >= 0.3 is 0 Å². The second-order valence-corrected chi connectivity index (χ2v) is 5.97. The zero-order valence-electron chi connectivity index (χ0n) is 14.0. The smallest absolute Gasteiger partial charge is 0.191 e. The number of nitrogens with zero attached hydrogens (tertiary/aromatic N) is 3. The molecule has 0 saturated heterocycles. The van der Waals surface area contributed by atoms with Crippen LogP contribution in [0.4, 0.5) is 0 Å². The molecular weight excluding hydrogens is 334 g/mol. The molecule has 2 N–H and O–H groups in total. The maximum atomic E-state index is 6.01. The molecule has 3 aromatic rings. The molecule has 0 atom stereocenters. The molecule has 0 unspecified atom stereocenters. The van der Waals surface area contributed by atoms with E-state index in [0.717, 1.165) is 27.8 Å². The Hall–Kier alpha value is -2.79. The van der Waals surface area contributed by atoms with Gasteiger partial charge in [0.1, 0.15) is 0 Å². The summed E-state index contributed by atoms with van der Waals surface area (Å²) in [5.41, 5.74) is 3.29. The molecule has 0 saturated carbocycles. The van der Waals surface area contributed by atoms with E-state index in [1.54, 1.807) is 13.2 Å². The number of halogens is 1. The zero-order chi connectivity index (χ0) is 17.5. The third-order valence-electron chi connectivity index (χ3n) is 3.71. The first-order valence-electron chi connectivity index (χ1n) is 8.02. The maximum absolute atomic E-state index is 6.01. The summed E-state index contributed by atoms with van der Waals surface area (Å²) in [4.78, 5) is 4.26. The summed E-state index contributed by atoms with van der Waals surface area (Å²) in [7, 11) is 1.76. The number of rotatable bonds is 5. The van der Waals surface area contributed by atoms with Gasteiger partial charge in [-0.25, -0.2) is 4.68 Å². The van der Waals surface area contributed by atoms with Crippen molar-refractivity contribution in [3.8, 4) is 5.69 Å². The molecule has 0 fully saturated rings. The zero-order valence-corrected chi connectivity index (χ0v) is 14.7. The van der Waals surface area contributed by atoms with Crippen molar-refractivity contribution in [1.29, 1.82) is 0 Å². The number of aromatic nitrogens is 2. The van der Waals surface area contributed by atoms with Crippen molar-refractivity contribution >= 4 is 17.6 Å². The van der Waals surface area contributed by atoms with Crippen LogP contribution in [0, 0.1) is 0 Å². The number of hydrogen-bond donors (Lipinski definition) is 2. The number of hydrogen-bond acceptors (Lipinski definition) is 2. The van der Waals surface area contributed by atoms with E-state index in [1.165, 1.54) is 0 Å². The first-order valence-corrected chi connectivity index (χ1v) is 8.40. The van der Waals surface area contributed by atoms with E-state index in [9.17, 15) is 0 Å². The highest BCUT2D eigenvalue weighted by atomic mass is 35.5. The Morgan fingerprint density at radius 1 is 1.04 bits per heavy atom. The molecule has 3 rings (SSSR count). The first-order chi connectivity index (χ1) is 12.2. The first kappa shape index (κ1) is 17.0. The third-order valence-corrected chi connectivity index (χ3v) is 3.95. The number of aliphatic imine (C=N–C) groups is 1. The van der Waals surface area contributed by atoms with Crippen LogP contribution >= 0.6 is 11.6 Å². The highest BCUT2D eigenvalue weighted by molar-refractivity contribution is 6.30. The van der Waals surface area contributed by atoms with Crippen LogP contribution in [0.1, 0.15) is 11.1 Å². The largest absolute Gasteiger partial charge is 0.352 e. The van der Waals surface area contributed by atoms with Gasteiger partial charge in [-0.05, 0) is 41.5 Å². The van der Waals surface area contributed by atoms with Gasteiger partial charge in [0.05, 0.1) is 5.69 Å². The lowest BCUT2D eigenvalue weighted by Gasteiger charge is -2.13. The van der Waals surface area contributed by atoms with Crippen molar-refractivity contribution in [2.24, 2.45) is 4.99 Å². The predicted molar refractivity (Wildman–Crippen MR) is 102 cm³/mol. The van der Waals surface area contributed by atoms with Crippen molar-refractivity contribution < 1.29 is 0 Å². The monoisotopic (exact) mass is 353 g/mol. The molecule has 0 aliphatic heterocycles. The van der Waals surface area contributed by atoms with E-state index in [-0.39, 0.29) is 0 Å². The average molecular weight is 354 g/mol. The van der Waals surface area contributed by atoms with Gasteiger partial charge in [0.2, 0.25) is 0 Å². The van der Waals surface area contributed by atoms with Crippen molar-refractivity contribution in [2.45, 2.75) is 13.1 Å². The molecule has 2 aromatic carbocycles. The Kier molecular flexibility index (Phi) is 5.69. The van der Waals surface area contributed by atoms with E-state index in [4.69, 9.17) is 11.6 Å². The van der Waals surface area contributed by atoms with Crippen LogP contribution in [0.3, 0.4) is 0 Å². The maximum Gasteiger partial charge on any atom is 0.191 e. The molecule has 5 nitrogen and oxygen atoms in total. The topological polar surface area (TPSA) is 54.2 Å². The van der Waals surface area contributed by atoms with Crippen molar-refractivity contribution in [3.63, 3.8) is 0 Å². The molecule has 6 heteroatoms. The average Bonchev–Trinajstić information content (AvgIpc) is 3.17. The lowest BCUT2D eigenvalue weighted by molar-refractivity contribution is 0.806. The Bertz CT molecular complexity index is 843. The Morgan fingerprint density at radius 3 is 2.40 bits per heavy atom. The Labute approximate surface area is 152 Å². The summed E-state index contributed by atoms with van der Waals surface area (Å²) in [6, 6.07) is 17.9. The van der Waals surface area contributed by atoms with E-state index in [0.29, 0.717) is 13.1 Å². The molecule has 1 heterocycles. The molecule has 0 radical (unpaired) electrons. The number of nitrogens with one attached hydrogen (secondary N) is 2. The minimum Gasteiger partial charge on any atom is -0.352 e. The fourth-order valence-corrected chi connectivity index (χ4v) is 2.68. The summed E-state index contributed by atoms with van der Waals surface area (Å²) >= 11 is 6.01. The Balaban J connectivity index is 1.57. The molecule has 1 aromatic heterocycles.